The van der Waals surface area contributed by atoms with Gasteiger partial charge in [0.05, 0.1) is 29.8 Å². The van der Waals surface area contributed by atoms with Crippen molar-refractivity contribution in [3.63, 3.8) is 0 Å². The van der Waals surface area contributed by atoms with Crippen molar-refractivity contribution >= 4 is 12.3 Å². The van der Waals surface area contributed by atoms with Crippen molar-refractivity contribution < 1.29 is 45.0 Å². The number of aliphatic hydroxyl groups is 6. The zero-order chi connectivity index (χ0) is 60.7. The predicted molar refractivity (Wildman–Crippen MR) is 339 cm³/mol. The maximum atomic E-state index is 15.8. The maximum absolute atomic E-state index is 15.8. The molecule has 15 aliphatic carbocycles. The van der Waals surface area contributed by atoms with Crippen LogP contribution in [0.25, 0.3) is 0 Å². The Morgan fingerprint density at radius 2 is 1.48 bits per heavy atom. The topological polar surface area (TPSA) is 177 Å². The van der Waals surface area contributed by atoms with Crippen molar-refractivity contribution in [3.8, 4) is 11.8 Å². The van der Waals surface area contributed by atoms with Crippen LogP contribution in [-0.4, -0.2) is 91.1 Å². The Bertz CT molecular complexity index is 3480. The Morgan fingerprint density at radius 1 is 0.719 bits per heavy atom. The molecule has 7 N–H and O–H groups in total. The summed E-state index contributed by atoms with van der Waals surface area (Å²) in [6, 6.07) is 24.8. The zero-order valence-electron chi connectivity index (χ0n) is 52.6. The number of fused-ring (bicyclic) bond motifs is 4. The number of hydrogen-bond acceptors (Lipinski definition) is 10. The van der Waals surface area contributed by atoms with Gasteiger partial charge < -0.3 is 45.5 Å². The van der Waals surface area contributed by atoms with Crippen LogP contribution in [-0.2, 0) is 45.6 Å². The molecule has 22 atom stereocenters. The van der Waals surface area contributed by atoms with Gasteiger partial charge in [-0.3, -0.25) is 0 Å². The van der Waals surface area contributed by atoms with Crippen molar-refractivity contribution in [3.05, 3.63) is 129 Å². The summed E-state index contributed by atoms with van der Waals surface area (Å²) in [5, 5.41) is 89.0. The molecule has 0 saturated heterocycles. The first kappa shape index (κ1) is 58.4. The molecule has 0 unspecified atom stereocenters. The van der Waals surface area contributed by atoms with Gasteiger partial charge in [-0.05, 0) is 240 Å². The van der Waals surface area contributed by atoms with Crippen molar-refractivity contribution in [2.75, 3.05) is 7.05 Å². The molecule has 10 nitrogen and oxygen atoms in total. The number of aliphatic hydroxyl groups excluding tert-OH is 3. The second-order valence-electron chi connectivity index (χ2n) is 33.1. The average Bonchev–Trinajstić information content (AvgIpc) is 1.59. The summed E-state index contributed by atoms with van der Waals surface area (Å²) in [6.07, 6.45) is 25.3. The van der Waals surface area contributed by atoms with Crippen LogP contribution < -0.4 is 5.32 Å². The van der Waals surface area contributed by atoms with Gasteiger partial charge in [0, 0.05) is 57.6 Å². The fourth-order valence-corrected chi connectivity index (χ4v) is 26.6. The first-order chi connectivity index (χ1) is 43.1. The van der Waals surface area contributed by atoms with Gasteiger partial charge in [-0.1, -0.05) is 123 Å². The van der Waals surface area contributed by atoms with Crippen LogP contribution in [0.1, 0.15) is 193 Å². The molecular formula is C79H97NO9. The molecular weight excluding hydrogens is 1110 g/mol. The Kier molecular flexibility index (Phi) is 13.6. The summed E-state index contributed by atoms with van der Waals surface area (Å²) in [6.45, 7) is -0.142. The van der Waals surface area contributed by atoms with E-state index in [1.165, 1.54) is 47.9 Å². The van der Waals surface area contributed by atoms with Gasteiger partial charge in [0.25, 0.3) is 0 Å². The largest absolute Gasteiger partial charge is 0.454 e. The third-order valence-electron chi connectivity index (χ3n) is 30.0. The fraction of sp³-hybridized carbons (Fsp3) is 0.671. The van der Waals surface area contributed by atoms with Gasteiger partial charge in [-0.25, -0.2) is 4.79 Å². The standard InChI is InChI=1S/C79H97NO9/c1-80-65-38-59-52(14-8-16-54(59)43-81)24-29-72-28-22-50(40-72)32-49-11-7-18-57(34-49)74(26-4-5-27-74)56-17-6-10-47(33-56)20-21-48-23-30-73(41-48)45-76(46-82)66-25-31-75(44-72)68-55(35-61(65)69-62(68)39-67(83)89-69)42-77(75,86)79(66,88)71(85)64-37-60-53(36-63(70(73)84)78(64,76)87)15-9-19-58(60)51-12-2-3-13-51/h6-11,14-18,33-34,39,46,48,50-51,53,55,58,60-61,63-66,68-71,80-81,84-88H,2-5,12-13,19-23,25-28,30-32,35-38,40-45H2,1H3/t48-,50+,53-,55+,58-,60+,61+,63+,64-,65-,66-,68-,69+,70-,71-,72+,73+,75+,76+,77-,78-,79+/m1/s1. The lowest BCUT2D eigenvalue weighted by Crippen LogP contribution is -2.86. The van der Waals surface area contributed by atoms with Crippen molar-refractivity contribution in [2.45, 2.75) is 227 Å². The van der Waals surface area contributed by atoms with Crippen LogP contribution in [0.15, 0.2) is 90.5 Å². The van der Waals surface area contributed by atoms with Gasteiger partial charge >= 0.3 is 5.97 Å². The van der Waals surface area contributed by atoms with Gasteiger partial charge in [-0.15, -0.1) is 0 Å². The molecule has 19 rings (SSSR count). The highest BCUT2D eigenvalue weighted by atomic mass is 16.5. The maximum Gasteiger partial charge on any atom is 0.331 e. The summed E-state index contributed by atoms with van der Waals surface area (Å²) in [4.78, 5) is 30.1. The molecule has 4 spiro atoms. The van der Waals surface area contributed by atoms with Crippen molar-refractivity contribution in [2.24, 2.45) is 92.7 Å². The molecule has 3 aromatic carbocycles. The number of ether oxygens (including phenoxy) is 1. The lowest BCUT2D eigenvalue weighted by Gasteiger charge is -2.75. The normalized spacial score (nSPS) is 47.0. The lowest BCUT2D eigenvalue weighted by molar-refractivity contribution is -0.385. The molecule has 16 aliphatic rings. The van der Waals surface area contributed by atoms with Crippen LogP contribution in [0.4, 0.5) is 0 Å². The lowest BCUT2D eigenvalue weighted by atomic mass is 9.32. The summed E-state index contributed by atoms with van der Waals surface area (Å²) >= 11 is 0. The molecule has 3 aromatic rings. The van der Waals surface area contributed by atoms with E-state index in [4.69, 9.17) is 4.74 Å². The first-order valence-corrected chi connectivity index (χ1v) is 35.8. The molecule has 89 heavy (non-hydrogen) atoms. The van der Waals surface area contributed by atoms with E-state index >= 15 is 15.0 Å². The molecule has 472 valence electrons. The van der Waals surface area contributed by atoms with E-state index in [9.17, 15) is 25.2 Å². The van der Waals surface area contributed by atoms with E-state index in [1.807, 2.05) is 19.2 Å². The monoisotopic (exact) mass is 1200 g/mol. The Balaban J connectivity index is 0.899. The summed E-state index contributed by atoms with van der Waals surface area (Å²) < 4.78 is 6.60. The van der Waals surface area contributed by atoms with Crippen LogP contribution in [0, 0.1) is 105 Å². The number of esters is 1. The summed E-state index contributed by atoms with van der Waals surface area (Å²) in [5.74, 6) is 5.18. The van der Waals surface area contributed by atoms with Crippen LogP contribution >= 0.6 is 0 Å². The minimum absolute atomic E-state index is 0.0104. The Morgan fingerprint density at radius 3 is 2.27 bits per heavy atom. The number of hydrogen-bond donors (Lipinski definition) is 7. The third-order valence-corrected chi connectivity index (χ3v) is 30.0. The van der Waals surface area contributed by atoms with Crippen LogP contribution in [0.5, 0.6) is 0 Å². The van der Waals surface area contributed by atoms with Crippen LogP contribution in [0.3, 0.4) is 0 Å². The number of carbonyl (C=O) groups excluding carboxylic acids is 2. The number of likely N-dealkylation sites (N-methyl/N-ethyl adjacent to an activating group) is 1. The smallest absolute Gasteiger partial charge is 0.331 e. The number of carbonyl (C=O) groups is 2. The molecule has 10 heteroatoms. The van der Waals surface area contributed by atoms with E-state index in [0.29, 0.717) is 63.2 Å². The predicted octanol–water partition coefficient (Wildman–Crippen LogP) is 11.1. The minimum Gasteiger partial charge on any atom is -0.454 e. The molecule has 15 bridgehead atoms. The number of rotatable bonds is 4. The molecule has 1 aliphatic heterocycles. The molecule has 10 saturated carbocycles. The highest BCUT2D eigenvalue weighted by Gasteiger charge is 2.87. The number of aldehydes is 1. The van der Waals surface area contributed by atoms with Gasteiger partial charge in [-0.2, -0.15) is 0 Å². The van der Waals surface area contributed by atoms with Crippen molar-refractivity contribution in [1.29, 1.82) is 0 Å². The second-order valence-corrected chi connectivity index (χ2v) is 33.1. The van der Waals surface area contributed by atoms with E-state index in [0.717, 1.165) is 106 Å². The van der Waals surface area contributed by atoms with Gasteiger partial charge in [0.1, 0.15) is 23.6 Å². The van der Waals surface area contributed by atoms with E-state index in [1.54, 1.807) is 6.08 Å². The average molecular weight is 1200 g/mol. The Labute approximate surface area is 527 Å². The SMILES string of the molecule is CN[C@@H]1Cc2c(cccc2CO)C#C[C@]23CC[C@@H](Cc4cccc(c4)C4(CCCC4)c4cccc(c4)CC[C@@H]4CC[C@]5(C4)C[C@]4(C=O)[C@H]6CC[C@]7(C2)[C@H]2C8=CC(=O)O[C@H]8[C@H]1C[C@H]2C[C@]7(O)[C@@]6(O)[C@H](O)[C@H]1C[C@H]2[C@H](C=CC[C@@H]2C2CCCC2)C[C@@H]([C@H]5O)[C@@]14O)C3. The number of benzene rings is 3. The fourth-order valence-electron chi connectivity index (χ4n) is 26.6. The summed E-state index contributed by atoms with van der Waals surface area (Å²) in [7, 11) is 1.96. The highest BCUT2D eigenvalue weighted by molar-refractivity contribution is 5.86. The quantitative estimate of drug-likeness (QED) is 0.0576. The van der Waals surface area contributed by atoms with E-state index in [-0.39, 0.29) is 72.8 Å². The highest BCUT2D eigenvalue weighted by Crippen LogP contribution is 2.81. The van der Waals surface area contributed by atoms with Crippen LogP contribution in [0.2, 0.25) is 0 Å². The molecule has 0 aromatic heterocycles. The van der Waals surface area contributed by atoms with Gasteiger partial charge in [0.2, 0.25) is 0 Å². The molecule has 10 fully saturated rings. The van der Waals surface area contributed by atoms with Gasteiger partial charge in [0.15, 0.2) is 0 Å². The Hall–Kier alpha value is -4.44. The minimum atomic E-state index is -2.29. The van der Waals surface area contributed by atoms with Crippen molar-refractivity contribution in [1.82, 2.24) is 5.32 Å². The number of aryl methyl sites for hydroxylation is 1. The first-order valence-electron chi connectivity index (χ1n) is 35.8. The van der Waals surface area contributed by atoms with E-state index < -0.39 is 86.4 Å². The van der Waals surface area contributed by atoms with E-state index in [2.05, 4.69) is 83.9 Å². The molecule has 0 radical (unpaired) electrons. The number of nitrogens with one attached hydrogen (secondary N) is 1. The second kappa shape index (κ2) is 20.8. The number of allylic oxidation sites excluding steroid dienone is 2. The zero-order valence-corrected chi connectivity index (χ0v) is 52.6. The summed E-state index contributed by atoms with van der Waals surface area (Å²) in [5.41, 5.74) is -1.51. The molecule has 0 amide bonds. The molecule has 1 heterocycles. The third kappa shape index (κ3) is 8.00.